The zero-order chi connectivity index (χ0) is 24.2. The molecule has 0 radical (unpaired) electrons. The van der Waals surface area contributed by atoms with Gasteiger partial charge in [0, 0.05) is 35.9 Å². The van der Waals surface area contributed by atoms with E-state index in [2.05, 4.69) is 58.5 Å². The smallest absolute Gasteiger partial charge is 0.0900 e. The van der Waals surface area contributed by atoms with E-state index in [0.29, 0.717) is 0 Å². The summed E-state index contributed by atoms with van der Waals surface area (Å²) in [7, 11) is 0. The highest BCUT2D eigenvalue weighted by molar-refractivity contribution is 5.79. The van der Waals surface area contributed by atoms with Gasteiger partial charge in [-0.05, 0) is 70.8 Å². The van der Waals surface area contributed by atoms with Gasteiger partial charge in [0.1, 0.15) is 0 Å². The summed E-state index contributed by atoms with van der Waals surface area (Å²) in [5.74, 6) is 0. The topological polar surface area (TPSA) is 51.6 Å². The van der Waals surface area contributed by atoms with Gasteiger partial charge < -0.3 is 0 Å². The lowest BCUT2D eigenvalue weighted by Crippen LogP contribution is -1.96. The van der Waals surface area contributed by atoms with Crippen molar-refractivity contribution in [3.05, 3.63) is 134 Å². The summed E-state index contributed by atoms with van der Waals surface area (Å²) < 4.78 is 0. The van der Waals surface area contributed by atoms with Crippen LogP contribution in [0.3, 0.4) is 0 Å². The fourth-order valence-electron chi connectivity index (χ4n) is 4.26. The molecular formula is C32H22N4. The van der Waals surface area contributed by atoms with Crippen LogP contribution in [0.15, 0.2) is 134 Å². The number of rotatable bonds is 5. The van der Waals surface area contributed by atoms with Crippen molar-refractivity contribution < 1.29 is 0 Å². The molecule has 6 rings (SSSR count). The third-order valence-corrected chi connectivity index (χ3v) is 6.08. The maximum absolute atomic E-state index is 5.08. The summed E-state index contributed by atoms with van der Waals surface area (Å²) in [6, 6.07) is 37.0. The SMILES string of the molecule is c1ccc(-c2cc(-c3ccncc3)cc(-c3cc(-c4ccncc4)cc(-c4ccccc4)n3)n2)cc1. The van der Waals surface area contributed by atoms with Gasteiger partial charge in [-0.1, -0.05) is 60.7 Å². The molecule has 170 valence electrons. The molecule has 0 amide bonds. The average molecular weight is 463 g/mol. The van der Waals surface area contributed by atoms with Gasteiger partial charge in [0.2, 0.25) is 0 Å². The molecule has 0 aliphatic carbocycles. The first-order valence-corrected chi connectivity index (χ1v) is 11.8. The minimum atomic E-state index is 0.816. The first kappa shape index (κ1) is 21.6. The van der Waals surface area contributed by atoms with Crippen molar-refractivity contribution in [2.24, 2.45) is 0 Å². The second-order valence-corrected chi connectivity index (χ2v) is 8.46. The van der Waals surface area contributed by atoms with Gasteiger partial charge in [-0.25, -0.2) is 9.97 Å². The molecule has 0 spiro atoms. The van der Waals surface area contributed by atoms with E-state index < -0.39 is 0 Å². The van der Waals surface area contributed by atoms with Crippen molar-refractivity contribution in [2.75, 3.05) is 0 Å². The van der Waals surface area contributed by atoms with Gasteiger partial charge >= 0.3 is 0 Å². The minimum Gasteiger partial charge on any atom is -0.265 e. The second-order valence-electron chi connectivity index (χ2n) is 8.46. The summed E-state index contributed by atoms with van der Waals surface area (Å²) in [6.07, 6.45) is 7.25. The monoisotopic (exact) mass is 462 g/mol. The van der Waals surface area contributed by atoms with Gasteiger partial charge in [0.25, 0.3) is 0 Å². The van der Waals surface area contributed by atoms with Crippen molar-refractivity contribution in [3.63, 3.8) is 0 Å². The van der Waals surface area contributed by atoms with Crippen LogP contribution in [0, 0.1) is 0 Å². The Balaban J connectivity index is 1.58. The molecule has 0 saturated carbocycles. The van der Waals surface area contributed by atoms with E-state index in [4.69, 9.17) is 9.97 Å². The summed E-state index contributed by atoms with van der Waals surface area (Å²) in [5, 5.41) is 0. The largest absolute Gasteiger partial charge is 0.265 e. The molecule has 2 aromatic carbocycles. The van der Waals surface area contributed by atoms with Crippen LogP contribution in [0.25, 0.3) is 56.2 Å². The van der Waals surface area contributed by atoms with Crippen molar-refractivity contribution in [3.8, 4) is 56.2 Å². The number of hydrogen-bond acceptors (Lipinski definition) is 4. The quantitative estimate of drug-likeness (QED) is 0.265. The van der Waals surface area contributed by atoms with Crippen LogP contribution < -0.4 is 0 Å². The molecule has 0 atom stereocenters. The van der Waals surface area contributed by atoms with Gasteiger partial charge in [0.05, 0.1) is 22.8 Å². The first-order chi connectivity index (χ1) is 17.8. The van der Waals surface area contributed by atoms with Crippen LogP contribution >= 0.6 is 0 Å². The predicted octanol–water partition coefficient (Wildman–Crippen LogP) is 7.60. The summed E-state index contributed by atoms with van der Waals surface area (Å²) in [5.41, 5.74) is 9.85. The zero-order valence-electron chi connectivity index (χ0n) is 19.5. The number of nitrogens with zero attached hydrogens (tertiary/aromatic N) is 4. The van der Waals surface area contributed by atoms with E-state index in [0.717, 1.165) is 56.2 Å². The van der Waals surface area contributed by atoms with Crippen LogP contribution in [-0.4, -0.2) is 19.9 Å². The highest BCUT2D eigenvalue weighted by Gasteiger charge is 2.13. The zero-order valence-corrected chi connectivity index (χ0v) is 19.5. The molecule has 6 aromatic rings. The molecule has 0 N–H and O–H groups in total. The molecule has 0 aliphatic rings. The minimum absolute atomic E-state index is 0.816. The third-order valence-electron chi connectivity index (χ3n) is 6.08. The summed E-state index contributed by atoms with van der Waals surface area (Å²) >= 11 is 0. The lowest BCUT2D eigenvalue weighted by atomic mass is 9.99. The highest BCUT2D eigenvalue weighted by Crippen LogP contribution is 2.33. The summed E-state index contributed by atoms with van der Waals surface area (Å²) in [6.45, 7) is 0. The molecule has 4 nitrogen and oxygen atoms in total. The number of benzene rings is 2. The van der Waals surface area contributed by atoms with Crippen LogP contribution in [0.4, 0.5) is 0 Å². The Kier molecular flexibility index (Phi) is 5.83. The lowest BCUT2D eigenvalue weighted by Gasteiger charge is -2.13. The predicted molar refractivity (Wildman–Crippen MR) is 145 cm³/mol. The van der Waals surface area contributed by atoms with Crippen LogP contribution in [0.2, 0.25) is 0 Å². The Hall–Kier alpha value is -4.96. The molecule has 0 fully saturated rings. The van der Waals surface area contributed by atoms with Crippen LogP contribution in [0.5, 0.6) is 0 Å². The molecule has 4 heterocycles. The Bertz CT molecular complexity index is 1360. The van der Waals surface area contributed by atoms with Crippen molar-refractivity contribution >= 4 is 0 Å². The van der Waals surface area contributed by atoms with Gasteiger partial charge in [-0.3, -0.25) is 9.97 Å². The number of pyridine rings is 4. The highest BCUT2D eigenvalue weighted by atomic mass is 14.8. The first-order valence-electron chi connectivity index (χ1n) is 11.8. The van der Waals surface area contributed by atoms with E-state index in [-0.39, 0.29) is 0 Å². The molecule has 36 heavy (non-hydrogen) atoms. The lowest BCUT2D eigenvalue weighted by molar-refractivity contribution is 1.25. The third kappa shape index (κ3) is 4.52. The molecule has 4 aromatic heterocycles. The van der Waals surface area contributed by atoms with Crippen molar-refractivity contribution in [1.82, 2.24) is 19.9 Å². The van der Waals surface area contributed by atoms with Crippen LogP contribution in [0.1, 0.15) is 0 Å². The van der Waals surface area contributed by atoms with Gasteiger partial charge in [0.15, 0.2) is 0 Å². The Morgan fingerprint density at radius 2 is 0.667 bits per heavy atom. The van der Waals surface area contributed by atoms with E-state index in [1.54, 1.807) is 0 Å². The molecule has 0 saturated heterocycles. The maximum Gasteiger partial charge on any atom is 0.0900 e. The van der Waals surface area contributed by atoms with Crippen molar-refractivity contribution in [2.45, 2.75) is 0 Å². The van der Waals surface area contributed by atoms with Gasteiger partial charge in [-0.15, -0.1) is 0 Å². The van der Waals surface area contributed by atoms with Gasteiger partial charge in [-0.2, -0.15) is 0 Å². The number of aromatic nitrogens is 4. The Morgan fingerprint density at radius 1 is 0.306 bits per heavy atom. The molecule has 0 aliphatic heterocycles. The normalized spacial score (nSPS) is 10.8. The van der Waals surface area contributed by atoms with E-state index >= 15 is 0 Å². The maximum atomic E-state index is 5.08. The standard InChI is InChI=1S/C32H22N4/c1-3-7-25(8-4-1)29-19-27(23-11-15-33-16-12-23)21-31(35-29)32-22-28(24-13-17-34-18-14-24)20-30(36-32)26-9-5-2-6-10-26/h1-22H. The molecular weight excluding hydrogens is 440 g/mol. The van der Waals surface area contributed by atoms with E-state index in [1.807, 2.05) is 85.5 Å². The fourth-order valence-corrected chi connectivity index (χ4v) is 4.26. The molecule has 0 unspecified atom stereocenters. The average Bonchev–Trinajstić information content (AvgIpc) is 2.98. The second kappa shape index (κ2) is 9.72. The van der Waals surface area contributed by atoms with Crippen molar-refractivity contribution in [1.29, 1.82) is 0 Å². The molecule has 4 heteroatoms. The molecule has 0 bridgehead atoms. The number of hydrogen-bond donors (Lipinski definition) is 0. The van der Waals surface area contributed by atoms with E-state index in [9.17, 15) is 0 Å². The fraction of sp³-hybridized carbons (Fsp3) is 0. The summed E-state index contributed by atoms with van der Waals surface area (Å²) in [4.78, 5) is 18.5. The van der Waals surface area contributed by atoms with Crippen LogP contribution in [-0.2, 0) is 0 Å². The van der Waals surface area contributed by atoms with E-state index in [1.165, 1.54) is 0 Å². The Morgan fingerprint density at radius 3 is 1.06 bits per heavy atom. The Labute approximate surface area is 210 Å².